The summed E-state index contributed by atoms with van der Waals surface area (Å²) in [6.07, 6.45) is 1.83. The second kappa shape index (κ2) is 7.08. The van der Waals surface area contributed by atoms with Crippen molar-refractivity contribution >= 4 is 17.6 Å². The van der Waals surface area contributed by atoms with Crippen LogP contribution in [0.1, 0.15) is 12.2 Å². The number of anilines is 1. The Morgan fingerprint density at radius 3 is 2.79 bits per heavy atom. The third-order valence-electron chi connectivity index (χ3n) is 3.85. The summed E-state index contributed by atoms with van der Waals surface area (Å²) in [4.78, 5) is 25.8. The number of rotatable bonds is 5. The van der Waals surface area contributed by atoms with Crippen LogP contribution in [0.15, 0.2) is 47.1 Å². The van der Waals surface area contributed by atoms with E-state index in [1.807, 2.05) is 12.1 Å². The first-order valence-electron chi connectivity index (χ1n) is 7.67. The number of carbonyl (C=O) groups excluding carboxylic acids is 2. The molecule has 2 heterocycles. The van der Waals surface area contributed by atoms with Gasteiger partial charge in [-0.25, -0.2) is 4.79 Å². The standard InChI is InChI=1S/C17H19N3O4/c1-23-14-6-4-13(5-7-14)20-11-12(9-16(20)21)19-17(22)18-10-15-3-2-8-24-15/h2-8,12H,9-11H2,1H3,(H2,18,19,22)/t12-/m1/s1. The van der Waals surface area contributed by atoms with Crippen molar-refractivity contribution in [1.29, 1.82) is 0 Å². The van der Waals surface area contributed by atoms with Gasteiger partial charge in [0.25, 0.3) is 0 Å². The minimum absolute atomic E-state index is 0.0171. The molecule has 7 nitrogen and oxygen atoms in total. The average molecular weight is 329 g/mol. The molecule has 1 saturated heterocycles. The van der Waals surface area contributed by atoms with E-state index in [-0.39, 0.29) is 24.4 Å². The Hall–Kier alpha value is -2.96. The largest absolute Gasteiger partial charge is 0.497 e. The van der Waals surface area contributed by atoms with E-state index in [4.69, 9.17) is 9.15 Å². The van der Waals surface area contributed by atoms with E-state index in [0.29, 0.717) is 18.8 Å². The predicted octanol–water partition coefficient (Wildman–Crippen LogP) is 1.89. The summed E-state index contributed by atoms with van der Waals surface area (Å²) < 4.78 is 10.3. The molecule has 7 heteroatoms. The molecule has 0 spiro atoms. The Morgan fingerprint density at radius 1 is 1.33 bits per heavy atom. The number of urea groups is 1. The number of nitrogens with one attached hydrogen (secondary N) is 2. The van der Waals surface area contributed by atoms with Crippen LogP contribution in [0.5, 0.6) is 5.75 Å². The SMILES string of the molecule is COc1ccc(N2C[C@H](NC(=O)NCc3ccco3)CC2=O)cc1. The van der Waals surface area contributed by atoms with Crippen LogP contribution in [0.3, 0.4) is 0 Å². The van der Waals surface area contributed by atoms with Gasteiger partial charge in [-0.2, -0.15) is 0 Å². The summed E-state index contributed by atoms with van der Waals surface area (Å²) in [5.41, 5.74) is 0.793. The molecule has 0 saturated carbocycles. The van der Waals surface area contributed by atoms with E-state index >= 15 is 0 Å². The predicted molar refractivity (Wildman–Crippen MR) is 87.8 cm³/mol. The van der Waals surface area contributed by atoms with Gasteiger partial charge < -0.3 is 24.7 Å². The number of amides is 3. The zero-order chi connectivity index (χ0) is 16.9. The molecule has 1 aromatic carbocycles. The van der Waals surface area contributed by atoms with Gasteiger partial charge in [0.2, 0.25) is 5.91 Å². The number of nitrogens with zero attached hydrogens (tertiary/aromatic N) is 1. The maximum atomic E-state index is 12.2. The maximum Gasteiger partial charge on any atom is 0.315 e. The highest BCUT2D eigenvalue weighted by atomic mass is 16.5. The van der Waals surface area contributed by atoms with Gasteiger partial charge in [0.15, 0.2) is 0 Å². The smallest absolute Gasteiger partial charge is 0.315 e. The lowest BCUT2D eigenvalue weighted by atomic mass is 10.2. The van der Waals surface area contributed by atoms with E-state index in [9.17, 15) is 9.59 Å². The average Bonchev–Trinajstić information content (AvgIpc) is 3.23. The van der Waals surface area contributed by atoms with E-state index in [1.165, 1.54) is 0 Å². The zero-order valence-corrected chi connectivity index (χ0v) is 13.3. The van der Waals surface area contributed by atoms with Gasteiger partial charge in [-0.3, -0.25) is 4.79 Å². The molecule has 3 amide bonds. The fraction of sp³-hybridized carbons (Fsp3) is 0.294. The molecular weight excluding hydrogens is 310 g/mol. The van der Waals surface area contributed by atoms with Gasteiger partial charge in [-0.05, 0) is 36.4 Å². The Balaban J connectivity index is 1.53. The summed E-state index contributed by atoms with van der Waals surface area (Å²) >= 11 is 0. The van der Waals surface area contributed by atoms with E-state index < -0.39 is 0 Å². The lowest BCUT2D eigenvalue weighted by Gasteiger charge is -2.17. The molecule has 0 unspecified atom stereocenters. The van der Waals surface area contributed by atoms with E-state index in [0.717, 1.165) is 11.4 Å². The number of methoxy groups -OCH3 is 1. The number of hydrogen-bond donors (Lipinski definition) is 2. The minimum atomic E-state index is -0.319. The van der Waals surface area contributed by atoms with Crippen molar-refractivity contribution in [3.05, 3.63) is 48.4 Å². The minimum Gasteiger partial charge on any atom is -0.497 e. The van der Waals surface area contributed by atoms with Crippen molar-refractivity contribution in [2.45, 2.75) is 19.0 Å². The van der Waals surface area contributed by atoms with Crippen LogP contribution in [-0.2, 0) is 11.3 Å². The third kappa shape index (κ3) is 3.68. The first-order valence-corrected chi connectivity index (χ1v) is 7.67. The Bertz CT molecular complexity index is 697. The third-order valence-corrected chi connectivity index (χ3v) is 3.85. The summed E-state index contributed by atoms with van der Waals surface area (Å²) in [6.45, 7) is 0.751. The number of furan rings is 1. The highest BCUT2D eigenvalue weighted by molar-refractivity contribution is 5.96. The molecule has 1 aliphatic heterocycles. The monoisotopic (exact) mass is 329 g/mol. The van der Waals surface area contributed by atoms with Gasteiger partial charge in [-0.15, -0.1) is 0 Å². The summed E-state index contributed by atoms with van der Waals surface area (Å²) in [5.74, 6) is 1.39. The summed E-state index contributed by atoms with van der Waals surface area (Å²) in [6, 6.07) is 10.3. The molecule has 1 atom stereocenters. The van der Waals surface area contributed by atoms with Crippen molar-refractivity contribution in [2.75, 3.05) is 18.6 Å². The molecule has 1 fully saturated rings. The second-order valence-electron chi connectivity index (χ2n) is 5.51. The molecule has 0 aliphatic carbocycles. The molecule has 1 aliphatic rings. The quantitative estimate of drug-likeness (QED) is 0.877. The van der Waals surface area contributed by atoms with Crippen LogP contribution in [-0.4, -0.2) is 31.6 Å². The van der Waals surface area contributed by atoms with E-state index in [2.05, 4.69) is 10.6 Å². The van der Waals surface area contributed by atoms with Crippen LogP contribution in [0, 0.1) is 0 Å². The molecule has 126 valence electrons. The Kier molecular flexibility index (Phi) is 4.69. The molecule has 3 rings (SSSR count). The van der Waals surface area contributed by atoms with Crippen LogP contribution < -0.4 is 20.3 Å². The van der Waals surface area contributed by atoms with Gasteiger partial charge in [-0.1, -0.05) is 0 Å². The topological polar surface area (TPSA) is 83.8 Å². The fourth-order valence-electron chi connectivity index (χ4n) is 2.63. The number of ether oxygens (including phenoxy) is 1. The molecule has 2 N–H and O–H groups in total. The fourth-order valence-corrected chi connectivity index (χ4v) is 2.63. The lowest BCUT2D eigenvalue weighted by Crippen LogP contribution is -2.43. The van der Waals surface area contributed by atoms with Crippen molar-refractivity contribution in [3.63, 3.8) is 0 Å². The zero-order valence-electron chi connectivity index (χ0n) is 13.3. The Labute approximate surface area is 139 Å². The van der Waals surface area contributed by atoms with Crippen molar-refractivity contribution in [1.82, 2.24) is 10.6 Å². The van der Waals surface area contributed by atoms with E-state index in [1.54, 1.807) is 42.5 Å². The second-order valence-corrected chi connectivity index (χ2v) is 5.51. The highest BCUT2D eigenvalue weighted by Crippen LogP contribution is 2.24. The molecular formula is C17H19N3O4. The van der Waals surface area contributed by atoms with Crippen LogP contribution in [0.2, 0.25) is 0 Å². The molecule has 1 aromatic heterocycles. The van der Waals surface area contributed by atoms with Crippen molar-refractivity contribution < 1.29 is 18.7 Å². The summed E-state index contributed by atoms with van der Waals surface area (Å²) in [7, 11) is 1.59. The first-order chi connectivity index (χ1) is 11.7. The van der Waals surface area contributed by atoms with Crippen molar-refractivity contribution in [2.24, 2.45) is 0 Å². The molecule has 0 bridgehead atoms. The molecule has 24 heavy (non-hydrogen) atoms. The first kappa shape index (κ1) is 15.9. The number of carbonyl (C=O) groups is 2. The Morgan fingerprint density at radius 2 is 2.12 bits per heavy atom. The lowest BCUT2D eigenvalue weighted by molar-refractivity contribution is -0.117. The molecule has 0 radical (unpaired) electrons. The van der Waals surface area contributed by atoms with Crippen LogP contribution >= 0.6 is 0 Å². The molecule has 2 aromatic rings. The normalized spacial score (nSPS) is 17.0. The van der Waals surface area contributed by atoms with Crippen LogP contribution in [0.25, 0.3) is 0 Å². The van der Waals surface area contributed by atoms with Crippen LogP contribution in [0.4, 0.5) is 10.5 Å². The van der Waals surface area contributed by atoms with Gasteiger partial charge in [0.05, 0.1) is 26.0 Å². The van der Waals surface area contributed by atoms with Crippen molar-refractivity contribution in [3.8, 4) is 5.75 Å². The summed E-state index contributed by atoms with van der Waals surface area (Å²) in [5, 5.41) is 5.52. The van der Waals surface area contributed by atoms with Gasteiger partial charge >= 0.3 is 6.03 Å². The number of hydrogen-bond acceptors (Lipinski definition) is 4. The van der Waals surface area contributed by atoms with Gasteiger partial charge in [0, 0.05) is 18.7 Å². The van der Waals surface area contributed by atoms with Gasteiger partial charge in [0.1, 0.15) is 11.5 Å². The maximum absolute atomic E-state index is 12.2. The highest BCUT2D eigenvalue weighted by Gasteiger charge is 2.31. The number of benzene rings is 1.